The third-order valence-corrected chi connectivity index (χ3v) is 3.26. The highest BCUT2D eigenvalue weighted by molar-refractivity contribution is 6.31. The molecule has 1 heterocycles. The number of aryl methyl sites for hydroxylation is 1. The minimum absolute atomic E-state index is 0.107. The van der Waals surface area contributed by atoms with E-state index in [2.05, 4.69) is 15.8 Å². The fraction of sp³-hybridized carbons (Fsp3) is 0.200. The maximum atomic E-state index is 11.7. The van der Waals surface area contributed by atoms with Gasteiger partial charge in [0.1, 0.15) is 11.5 Å². The molecule has 1 amide bonds. The Kier molecular flexibility index (Phi) is 5.00. The molecule has 2 aromatic rings. The highest BCUT2D eigenvalue weighted by Crippen LogP contribution is 2.22. The number of amides is 1. The standard InChI is InChI=1S/C15H16ClN3O2/c1-10-6-7-12(21-10)8-18-19-15(20)9-17-14-5-3-4-13(16)11(14)2/h3-8,17H,9H2,1-2H3,(H,19,20). The van der Waals surface area contributed by atoms with Gasteiger partial charge in [0.25, 0.3) is 5.91 Å². The van der Waals surface area contributed by atoms with Gasteiger partial charge in [0.05, 0.1) is 12.8 Å². The molecule has 0 radical (unpaired) electrons. The highest BCUT2D eigenvalue weighted by Gasteiger charge is 2.04. The summed E-state index contributed by atoms with van der Waals surface area (Å²) in [7, 11) is 0. The zero-order chi connectivity index (χ0) is 15.2. The first-order chi connectivity index (χ1) is 10.1. The monoisotopic (exact) mass is 305 g/mol. The first kappa shape index (κ1) is 15.1. The van der Waals surface area contributed by atoms with E-state index in [1.54, 1.807) is 12.1 Å². The molecule has 0 aliphatic carbocycles. The van der Waals surface area contributed by atoms with Crippen LogP contribution in [0.25, 0.3) is 0 Å². The van der Waals surface area contributed by atoms with Crippen LogP contribution in [0.4, 0.5) is 5.69 Å². The van der Waals surface area contributed by atoms with Gasteiger partial charge in [-0.15, -0.1) is 0 Å². The van der Waals surface area contributed by atoms with Gasteiger partial charge in [-0.05, 0) is 43.7 Å². The van der Waals surface area contributed by atoms with Gasteiger partial charge in [0.2, 0.25) is 0 Å². The maximum Gasteiger partial charge on any atom is 0.259 e. The number of hydrogen-bond acceptors (Lipinski definition) is 4. The van der Waals surface area contributed by atoms with Crippen molar-refractivity contribution in [2.45, 2.75) is 13.8 Å². The Hall–Kier alpha value is -2.27. The summed E-state index contributed by atoms with van der Waals surface area (Å²) in [5, 5.41) is 7.49. The predicted octanol–water partition coefficient (Wildman–Crippen LogP) is 3.11. The smallest absolute Gasteiger partial charge is 0.259 e. The average molecular weight is 306 g/mol. The molecule has 0 aliphatic heterocycles. The van der Waals surface area contributed by atoms with E-state index in [-0.39, 0.29) is 12.5 Å². The number of carbonyl (C=O) groups is 1. The summed E-state index contributed by atoms with van der Waals surface area (Å²) in [5.41, 5.74) is 4.15. The van der Waals surface area contributed by atoms with E-state index in [1.807, 2.05) is 32.0 Å². The number of rotatable bonds is 5. The van der Waals surface area contributed by atoms with Crippen LogP contribution >= 0.6 is 11.6 Å². The molecule has 21 heavy (non-hydrogen) atoms. The summed E-state index contributed by atoms with van der Waals surface area (Å²) < 4.78 is 5.29. The molecule has 0 aliphatic rings. The Bertz CT molecular complexity index is 665. The number of hydrogen-bond donors (Lipinski definition) is 2. The van der Waals surface area contributed by atoms with Crippen molar-refractivity contribution in [2.75, 3.05) is 11.9 Å². The van der Waals surface area contributed by atoms with E-state index in [0.717, 1.165) is 17.0 Å². The fourth-order valence-corrected chi connectivity index (χ4v) is 1.88. The van der Waals surface area contributed by atoms with E-state index in [0.29, 0.717) is 10.8 Å². The van der Waals surface area contributed by atoms with Crippen LogP contribution in [-0.4, -0.2) is 18.7 Å². The van der Waals surface area contributed by atoms with Crippen molar-refractivity contribution in [2.24, 2.45) is 5.10 Å². The van der Waals surface area contributed by atoms with Crippen molar-refractivity contribution in [1.82, 2.24) is 5.43 Å². The summed E-state index contributed by atoms with van der Waals surface area (Å²) in [4.78, 5) is 11.7. The van der Waals surface area contributed by atoms with Crippen LogP contribution in [0, 0.1) is 13.8 Å². The molecule has 5 nitrogen and oxygen atoms in total. The molecule has 0 unspecified atom stereocenters. The molecule has 0 saturated heterocycles. The lowest BCUT2D eigenvalue weighted by Gasteiger charge is -2.09. The number of carbonyl (C=O) groups excluding carboxylic acids is 1. The van der Waals surface area contributed by atoms with Crippen LogP contribution in [0.3, 0.4) is 0 Å². The Balaban J connectivity index is 1.82. The molecule has 6 heteroatoms. The molecule has 2 rings (SSSR count). The fourth-order valence-electron chi connectivity index (χ4n) is 1.70. The topological polar surface area (TPSA) is 66.6 Å². The van der Waals surface area contributed by atoms with E-state index in [4.69, 9.17) is 16.0 Å². The number of halogens is 1. The molecule has 2 N–H and O–H groups in total. The van der Waals surface area contributed by atoms with E-state index < -0.39 is 0 Å². The van der Waals surface area contributed by atoms with Gasteiger partial charge in [0.15, 0.2) is 0 Å². The molecule has 0 spiro atoms. The van der Waals surface area contributed by atoms with Crippen molar-refractivity contribution in [3.05, 3.63) is 52.4 Å². The van der Waals surface area contributed by atoms with E-state index >= 15 is 0 Å². The molecule has 1 aromatic carbocycles. The molecular formula is C15H16ClN3O2. The second-order valence-corrected chi connectivity index (χ2v) is 4.91. The molecule has 0 atom stereocenters. The van der Waals surface area contributed by atoms with Crippen molar-refractivity contribution in [1.29, 1.82) is 0 Å². The van der Waals surface area contributed by atoms with Crippen molar-refractivity contribution in [3.8, 4) is 0 Å². The number of hydrazone groups is 1. The SMILES string of the molecule is Cc1ccc(C=NNC(=O)CNc2cccc(Cl)c2C)o1. The molecule has 0 bridgehead atoms. The number of anilines is 1. The lowest BCUT2D eigenvalue weighted by Crippen LogP contribution is -2.26. The largest absolute Gasteiger partial charge is 0.460 e. The summed E-state index contributed by atoms with van der Waals surface area (Å²) in [5.74, 6) is 1.13. The number of furan rings is 1. The number of nitrogens with zero attached hydrogens (tertiary/aromatic N) is 1. The number of nitrogens with one attached hydrogen (secondary N) is 2. The minimum atomic E-state index is -0.256. The number of benzene rings is 1. The lowest BCUT2D eigenvalue weighted by atomic mass is 10.2. The van der Waals surface area contributed by atoms with Gasteiger partial charge in [0, 0.05) is 10.7 Å². The van der Waals surface area contributed by atoms with Crippen LogP contribution in [0.2, 0.25) is 5.02 Å². The highest BCUT2D eigenvalue weighted by atomic mass is 35.5. The Labute approximate surface area is 128 Å². The van der Waals surface area contributed by atoms with Gasteiger partial charge in [-0.1, -0.05) is 17.7 Å². The van der Waals surface area contributed by atoms with E-state index in [1.165, 1.54) is 6.21 Å². The average Bonchev–Trinajstić information content (AvgIpc) is 2.86. The van der Waals surface area contributed by atoms with Gasteiger partial charge in [-0.25, -0.2) is 5.43 Å². The Morgan fingerprint density at radius 1 is 1.33 bits per heavy atom. The molecule has 0 saturated carbocycles. The van der Waals surface area contributed by atoms with Crippen LogP contribution in [0.15, 0.2) is 39.9 Å². The first-order valence-electron chi connectivity index (χ1n) is 6.43. The molecule has 110 valence electrons. The zero-order valence-corrected chi connectivity index (χ0v) is 12.6. The second-order valence-electron chi connectivity index (χ2n) is 4.51. The first-order valence-corrected chi connectivity index (χ1v) is 6.81. The molecule has 1 aromatic heterocycles. The second kappa shape index (κ2) is 6.95. The summed E-state index contributed by atoms with van der Waals surface area (Å²) in [6.07, 6.45) is 1.45. The molecule has 0 fully saturated rings. The van der Waals surface area contributed by atoms with Crippen LogP contribution in [-0.2, 0) is 4.79 Å². The normalized spacial score (nSPS) is 10.8. The van der Waals surface area contributed by atoms with Gasteiger partial charge >= 0.3 is 0 Å². The Morgan fingerprint density at radius 3 is 2.86 bits per heavy atom. The zero-order valence-electron chi connectivity index (χ0n) is 11.8. The summed E-state index contributed by atoms with van der Waals surface area (Å²) in [6, 6.07) is 9.10. The van der Waals surface area contributed by atoms with Crippen molar-refractivity contribution < 1.29 is 9.21 Å². The molecular weight excluding hydrogens is 290 g/mol. The van der Waals surface area contributed by atoms with Gasteiger partial charge in [-0.3, -0.25) is 4.79 Å². The minimum Gasteiger partial charge on any atom is -0.460 e. The van der Waals surface area contributed by atoms with Crippen molar-refractivity contribution >= 4 is 29.4 Å². The summed E-state index contributed by atoms with van der Waals surface area (Å²) >= 11 is 6.01. The third kappa shape index (κ3) is 4.36. The maximum absolute atomic E-state index is 11.7. The predicted molar refractivity (Wildman–Crippen MR) is 83.9 cm³/mol. The van der Waals surface area contributed by atoms with Crippen LogP contribution < -0.4 is 10.7 Å². The van der Waals surface area contributed by atoms with Crippen LogP contribution in [0.5, 0.6) is 0 Å². The third-order valence-electron chi connectivity index (χ3n) is 2.85. The van der Waals surface area contributed by atoms with Gasteiger partial charge in [-0.2, -0.15) is 5.10 Å². The Morgan fingerprint density at radius 2 is 2.14 bits per heavy atom. The lowest BCUT2D eigenvalue weighted by molar-refractivity contribution is -0.119. The van der Waals surface area contributed by atoms with E-state index in [9.17, 15) is 4.79 Å². The van der Waals surface area contributed by atoms with Crippen molar-refractivity contribution in [3.63, 3.8) is 0 Å². The quantitative estimate of drug-likeness (QED) is 0.659. The van der Waals surface area contributed by atoms with Crippen LogP contribution in [0.1, 0.15) is 17.1 Å². The van der Waals surface area contributed by atoms with Gasteiger partial charge < -0.3 is 9.73 Å². The summed E-state index contributed by atoms with van der Waals surface area (Å²) in [6.45, 7) is 3.84.